The first kappa shape index (κ1) is 26.3. The molecule has 0 bridgehead atoms. The molecule has 5 aromatic carbocycles. The molecule has 0 fully saturated rings. The molecule has 0 spiro atoms. The van der Waals surface area contributed by atoms with E-state index in [4.69, 9.17) is 0 Å². The molecule has 200 valence electrons. The van der Waals surface area contributed by atoms with Crippen LogP contribution in [0.5, 0.6) is 5.75 Å². The number of hydrogen-bond donors (Lipinski definition) is 0. The van der Waals surface area contributed by atoms with Crippen molar-refractivity contribution in [3.8, 4) is 28.0 Å². The Balaban J connectivity index is 2.18. The van der Waals surface area contributed by atoms with Gasteiger partial charge in [-0.3, -0.25) is 0 Å². The lowest BCUT2D eigenvalue weighted by molar-refractivity contribution is 0.334. The zero-order chi connectivity index (χ0) is 28.5. The highest BCUT2D eigenvalue weighted by atomic mass is 19.2. The highest BCUT2D eigenvalue weighted by Crippen LogP contribution is 2.49. The molecule has 0 unspecified atom stereocenters. The first-order valence-electron chi connectivity index (χ1n) is 10.7. The van der Waals surface area contributed by atoms with Crippen molar-refractivity contribution in [3.63, 3.8) is 0 Å². The van der Waals surface area contributed by atoms with Gasteiger partial charge in [0.15, 0.2) is 52.3 Å². The fraction of sp³-hybridized carbons (Fsp3) is 0.0370. The maximum atomic E-state index is 15.4. The molecule has 0 aliphatic rings. The van der Waals surface area contributed by atoms with E-state index in [1.807, 2.05) is 0 Å². The number of rotatable bonds is 3. The largest absolute Gasteiger partial charge is 0.491 e. The quantitative estimate of drug-likeness (QED) is 0.0931. The van der Waals surface area contributed by atoms with Crippen LogP contribution in [0, 0.1) is 64.0 Å². The first-order valence-corrected chi connectivity index (χ1v) is 10.7. The number of halogens is 11. The van der Waals surface area contributed by atoms with Gasteiger partial charge in [0.05, 0.1) is 12.7 Å². The van der Waals surface area contributed by atoms with Crippen LogP contribution in [0.25, 0.3) is 43.8 Å². The SMILES string of the molecule is COc1c(F)c(F)c(-c2c3c(F)cccc3c(-c3ccc(F)c(F)c3)c3c(F)c(F)c(F)c(F)c23)c(F)c1F. The van der Waals surface area contributed by atoms with E-state index in [-0.39, 0.29) is 0 Å². The van der Waals surface area contributed by atoms with Crippen molar-refractivity contribution >= 4 is 21.5 Å². The molecule has 0 saturated carbocycles. The molecule has 0 aliphatic carbocycles. The van der Waals surface area contributed by atoms with Gasteiger partial charge in [-0.2, -0.15) is 8.78 Å². The van der Waals surface area contributed by atoms with Crippen LogP contribution in [-0.4, -0.2) is 7.11 Å². The average Bonchev–Trinajstić information content (AvgIpc) is 2.91. The van der Waals surface area contributed by atoms with E-state index in [2.05, 4.69) is 4.74 Å². The van der Waals surface area contributed by atoms with Crippen LogP contribution in [0.2, 0.25) is 0 Å². The zero-order valence-corrected chi connectivity index (χ0v) is 19.0. The summed E-state index contributed by atoms with van der Waals surface area (Å²) in [5, 5.41) is -4.48. The highest BCUT2D eigenvalue weighted by Gasteiger charge is 2.34. The van der Waals surface area contributed by atoms with E-state index >= 15 is 22.0 Å². The molecule has 0 heterocycles. The highest BCUT2D eigenvalue weighted by molar-refractivity contribution is 6.22. The number of hydrogen-bond acceptors (Lipinski definition) is 1. The summed E-state index contributed by atoms with van der Waals surface area (Å²) in [5.41, 5.74) is -4.48. The molecule has 0 N–H and O–H groups in total. The monoisotopic (exact) mass is 558 g/mol. The van der Waals surface area contributed by atoms with E-state index in [9.17, 15) is 26.3 Å². The van der Waals surface area contributed by atoms with E-state index in [1.165, 1.54) is 0 Å². The number of fused-ring (bicyclic) bond motifs is 2. The van der Waals surface area contributed by atoms with E-state index < -0.39 is 114 Å². The molecule has 0 saturated heterocycles. The minimum atomic E-state index is -2.51. The average molecular weight is 558 g/mol. The van der Waals surface area contributed by atoms with Crippen LogP contribution in [0.15, 0.2) is 36.4 Å². The van der Waals surface area contributed by atoms with Gasteiger partial charge in [0.25, 0.3) is 0 Å². The minimum Gasteiger partial charge on any atom is -0.491 e. The molecule has 0 aliphatic heterocycles. The van der Waals surface area contributed by atoms with Crippen molar-refractivity contribution in [2.24, 2.45) is 0 Å². The maximum Gasteiger partial charge on any atom is 0.204 e. The third-order valence-corrected chi connectivity index (χ3v) is 6.19. The molecule has 39 heavy (non-hydrogen) atoms. The smallest absolute Gasteiger partial charge is 0.204 e. The maximum absolute atomic E-state index is 15.4. The first-order chi connectivity index (χ1) is 18.4. The van der Waals surface area contributed by atoms with Crippen LogP contribution >= 0.6 is 0 Å². The normalized spacial score (nSPS) is 11.6. The van der Waals surface area contributed by atoms with Gasteiger partial charge in [-0.25, -0.2) is 39.5 Å². The second-order valence-electron chi connectivity index (χ2n) is 8.21. The van der Waals surface area contributed by atoms with Crippen molar-refractivity contribution in [3.05, 3.63) is 100 Å². The lowest BCUT2D eigenvalue weighted by Gasteiger charge is -2.21. The predicted molar refractivity (Wildman–Crippen MR) is 118 cm³/mol. The van der Waals surface area contributed by atoms with Crippen LogP contribution in [0.3, 0.4) is 0 Å². The van der Waals surface area contributed by atoms with Crippen LogP contribution in [-0.2, 0) is 0 Å². The molecule has 0 aromatic heterocycles. The zero-order valence-electron chi connectivity index (χ0n) is 19.0. The number of benzene rings is 5. The number of ether oxygens (including phenoxy) is 1. The summed E-state index contributed by atoms with van der Waals surface area (Å²) in [4.78, 5) is 0. The summed E-state index contributed by atoms with van der Waals surface area (Å²) in [6, 6.07) is 4.36. The van der Waals surface area contributed by atoms with Crippen molar-refractivity contribution in [1.82, 2.24) is 0 Å². The minimum absolute atomic E-state index is 0.445. The summed E-state index contributed by atoms with van der Waals surface area (Å²) in [6.07, 6.45) is 0. The lowest BCUT2D eigenvalue weighted by atomic mass is 9.84. The van der Waals surface area contributed by atoms with Crippen LogP contribution < -0.4 is 4.74 Å². The summed E-state index contributed by atoms with van der Waals surface area (Å²) >= 11 is 0. The van der Waals surface area contributed by atoms with Crippen molar-refractivity contribution in [2.45, 2.75) is 0 Å². The molecule has 0 amide bonds. The topological polar surface area (TPSA) is 9.23 Å². The van der Waals surface area contributed by atoms with Gasteiger partial charge < -0.3 is 4.74 Å². The Morgan fingerprint density at radius 3 is 1.56 bits per heavy atom. The third kappa shape index (κ3) is 3.61. The molecule has 12 heteroatoms. The second kappa shape index (κ2) is 9.14. The summed E-state index contributed by atoms with van der Waals surface area (Å²) in [7, 11) is 0.661. The third-order valence-electron chi connectivity index (χ3n) is 6.19. The Labute approximate surface area is 210 Å². The molecular weight excluding hydrogens is 549 g/mol. The molecule has 5 rings (SSSR count). The fourth-order valence-corrected chi connectivity index (χ4v) is 4.56. The van der Waals surface area contributed by atoms with Gasteiger partial charge >= 0.3 is 0 Å². The molecule has 0 radical (unpaired) electrons. The summed E-state index contributed by atoms with van der Waals surface area (Å²) < 4.78 is 167. The van der Waals surface area contributed by atoms with Gasteiger partial charge in [0.2, 0.25) is 11.6 Å². The van der Waals surface area contributed by atoms with Gasteiger partial charge in [0, 0.05) is 27.3 Å². The van der Waals surface area contributed by atoms with E-state index in [1.54, 1.807) is 0 Å². The van der Waals surface area contributed by atoms with E-state index in [0.29, 0.717) is 25.3 Å². The second-order valence-corrected chi connectivity index (χ2v) is 8.21. The van der Waals surface area contributed by atoms with Gasteiger partial charge in [-0.05, 0) is 29.1 Å². The van der Waals surface area contributed by atoms with Crippen LogP contribution in [0.4, 0.5) is 48.3 Å². The Morgan fingerprint density at radius 1 is 0.462 bits per heavy atom. The molecule has 5 aromatic rings. The predicted octanol–water partition coefficient (Wildman–Crippen LogP) is 8.87. The van der Waals surface area contributed by atoms with Crippen LogP contribution in [0.1, 0.15) is 0 Å². The van der Waals surface area contributed by atoms with Crippen molar-refractivity contribution in [1.29, 1.82) is 0 Å². The van der Waals surface area contributed by atoms with Gasteiger partial charge in [-0.15, -0.1) is 0 Å². The Bertz CT molecular complexity index is 1840. The molecule has 0 atom stereocenters. The number of methoxy groups -OCH3 is 1. The Morgan fingerprint density at radius 2 is 1.03 bits per heavy atom. The lowest BCUT2D eigenvalue weighted by Crippen LogP contribution is -2.07. The Hall–Kier alpha value is -4.35. The summed E-state index contributed by atoms with van der Waals surface area (Å²) in [6.45, 7) is 0. The molecular formula is C27H9F11O. The standard InChI is InChI=1S/C27H9F11O/c1-39-27-25(37)21(33)18(22(34)26(27)38)15-14-9(3-2-4-11(14)29)13(8-5-6-10(28)12(30)7-8)16-17(15)20(32)24(36)23(35)19(16)31/h2-7H,1H3. The molecule has 1 nitrogen and oxygen atoms in total. The van der Waals surface area contributed by atoms with Crippen molar-refractivity contribution in [2.75, 3.05) is 7.11 Å². The van der Waals surface area contributed by atoms with E-state index in [0.717, 1.165) is 18.2 Å². The van der Waals surface area contributed by atoms with Gasteiger partial charge in [-0.1, -0.05) is 18.2 Å². The fourth-order valence-electron chi connectivity index (χ4n) is 4.56. The summed E-state index contributed by atoms with van der Waals surface area (Å²) in [5.74, 6) is -24.2. The van der Waals surface area contributed by atoms with Gasteiger partial charge in [0.1, 0.15) is 5.82 Å². The van der Waals surface area contributed by atoms with Crippen molar-refractivity contribution < 1.29 is 53.0 Å². The Kier molecular flexibility index (Phi) is 6.15.